The van der Waals surface area contributed by atoms with E-state index in [1.165, 1.54) is 9.58 Å². The van der Waals surface area contributed by atoms with Crippen LogP contribution in [0.1, 0.15) is 27.3 Å². The topological polar surface area (TPSA) is 71.9 Å². The molecular weight excluding hydrogens is 463 g/mol. The number of carbonyl (C=O) groups is 1. The van der Waals surface area contributed by atoms with Crippen LogP contribution < -0.4 is 19.7 Å². The van der Waals surface area contributed by atoms with Crippen molar-refractivity contribution in [3.8, 4) is 17.2 Å². The number of alkyl halides is 3. The highest BCUT2D eigenvalue weighted by molar-refractivity contribution is 6.06. The van der Waals surface area contributed by atoms with Crippen molar-refractivity contribution in [2.24, 2.45) is 0 Å². The fourth-order valence-electron chi connectivity index (χ4n) is 4.45. The van der Waals surface area contributed by atoms with Gasteiger partial charge in [-0.05, 0) is 37.4 Å². The molecule has 0 radical (unpaired) electrons. The zero-order valence-corrected chi connectivity index (χ0v) is 19.2. The Kier molecular flexibility index (Phi) is 5.89. The van der Waals surface area contributed by atoms with E-state index in [4.69, 9.17) is 9.47 Å². The lowest BCUT2D eigenvalue weighted by Gasteiger charge is -2.27. The number of anilines is 1. The molecule has 35 heavy (non-hydrogen) atoms. The van der Waals surface area contributed by atoms with Gasteiger partial charge < -0.3 is 19.7 Å². The monoisotopic (exact) mass is 487 g/mol. The second kappa shape index (κ2) is 8.90. The van der Waals surface area contributed by atoms with Crippen LogP contribution in [-0.2, 0) is 19.1 Å². The predicted molar refractivity (Wildman–Crippen MR) is 122 cm³/mol. The number of ether oxygens (including phenoxy) is 2. The molecule has 8 nitrogen and oxygen atoms in total. The van der Waals surface area contributed by atoms with Crippen LogP contribution in [0.5, 0.6) is 11.5 Å². The van der Waals surface area contributed by atoms with Crippen LogP contribution >= 0.6 is 0 Å². The van der Waals surface area contributed by atoms with Crippen LogP contribution in [0.2, 0.25) is 0 Å². The van der Waals surface area contributed by atoms with Gasteiger partial charge >= 0.3 is 6.18 Å². The van der Waals surface area contributed by atoms with Crippen molar-refractivity contribution in [2.45, 2.75) is 19.1 Å². The number of halogens is 3. The van der Waals surface area contributed by atoms with Crippen molar-refractivity contribution < 1.29 is 27.4 Å². The highest BCUT2D eigenvalue weighted by Crippen LogP contribution is 2.37. The molecule has 3 heterocycles. The maximum absolute atomic E-state index is 13.8. The molecule has 3 aromatic rings. The SMILES string of the molecule is CNCN1CCc2c(c(C(F)(F)F)nn2-c2cccc(C(=O)N(C)c3ccc4c(c3)OCO4)c2)C1. The van der Waals surface area contributed by atoms with Crippen molar-refractivity contribution in [3.05, 3.63) is 65.0 Å². The zero-order chi connectivity index (χ0) is 24.7. The number of fused-ring (bicyclic) bond motifs is 2. The number of hydrogen-bond donors (Lipinski definition) is 1. The number of carbonyl (C=O) groups excluding carboxylic acids is 1. The Hall–Kier alpha value is -3.57. The van der Waals surface area contributed by atoms with Crippen LogP contribution in [0.25, 0.3) is 5.69 Å². The van der Waals surface area contributed by atoms with Gasteiger partial charge in [-0.1, -0.05) is 6.07 Å². The summed E-state index contributed by atoms with van der Waals surface area (Å²) in [6, 6.07) is 11.7. The summed E-state index contributed by atoms with van der Waals surface area (Å²) < 4.78 is 53.5. The Labute approximate surface area is 199 Å². The molecule has 2 aromatic carbocycles. The van der Waals surface area contributed by atoms with Crippen molar-refractivity contribution in [3.63, 3.8) is 0 Å². The van der Waals surface area contributed by atoms with E-state index in [9.17, 15) is 18.0 Å². The van der Waals surface area contributed by atoms with Crippen LogP contribution in [0.4, 0.5) is 18.9 Å². The number of nitrogens with zero attached hydrogens (tertiary/aromatic N) is 4. The average Bonchev–Trinajstić information content (AvgIpc) is 3.47. The minimum Gasteiger partial charge on any atom is -0.454 e. The second-order valence-electron chi connectivity index (χ2n) is 8.45. The number of hydrogen-bond acceptors (Lipinski definition) is 6. The van der Waals surface area contributed by atoms with Crippen LogP contribution in [0.3, 0.4) is 0 Å². The molecule has 2 aliphatic heterocycles. The first-order valence-corrected chi connectivity index (χ1v) is 11.1. The van der Waals surface area contributed by atoms with E-state index < -0.39 is 11.9 Å². The summed E-state index contributed by atoms with van der Waals surface area (Å²) in [6.07, 6.45) is -4.17. The van der Waals surface area contributed by atoms with E-state index >= 15 is 0 Å². The number of benzene rings is 2. The van der Waals surface area contributed by atoms with Gasteiger partial charge in [0.2, 0.25) is 6.79 Å². The van der Waals surface area contributed by atoms with Gasteiger partial charge in [-0.25, -0.2) is 4.68 Å². The normalized spacial score (nSPS) is 15.2. The molecule has 0 spiro atoms. The van der Waals surface area contributed by atoms with Gasteiger partial charge in [0.05, 0.1) is 11.4 Å². The second-order valence-corrected chi connectivity index (χ2v) is 8.45. The Morgan fingerprint density at radius 1 is 1.17 bits per heavy atom. The highest BCUT2D eigenvalue weighted by atomic mass is 19.4. The van der Waals surface area contributed by atoms with Gasteiger partial charge in [0.15, 0.2) is 17.2 Å². The summed E-state index contributed by atoms with van der Waals surface area (Å²) in [5, 5.41) is 6.94. The average molecular weight is 487 g/mol. The summed E-state index contributed by atoms with van der Waals surface area (Å²) in [5.41, 5.74) is 1.14. The Morgan fingerprint density at radius 2 is 1.97 bits per heavy atom. The first-order valence-electron chi connectivity index (χ1n) is 11.1. The maximum Gasteiger partial charge on any atom is 0.435 e. The molecule has 1 N–H and O–H groups in total. The van der Waals surface area contributed by atoms with Gasteiger partial charge in [-0.3, -0.25) is 9.69 Å². The molecule has 2 aliphatic rings. The molecule has 11 heteroatoms. The molecule has 0 saturated heterocycles. The smallest absolute Gasteiger partial charge is 0.435 e. The Balaban J connectivity index is 1.48. The predicted octanol–water partition coefficient (Wildman–Crippen LogP) is 3.43. The third-order valence-electron chi connectivity index (χ3n) is 6.17. The molecule has 1 amide bonds. The zero-order valence-electron chi connectivity index (χ0n) is 19.2. The number of rotatable bonds is 5. The first kappa shape index (κ1) is 23.2. The molecule has 0 saturated carbocycles. The van der Waals surface area contributed by atoms with Gasteiger partial charge in [-0.2, -0.15) is 18.3 Å². The van der Waals surface area contributed by atoms with Gasteiger partial charge in [0.1, 0.15) is 0 Å². The van der Waals surface area contributed by atoms with Crippen molar-refractivity contribution >= 4 is 11.6 Å². The summed E-state index contributed by atoms with van der Waals surface area (Å²) in [7, 11) is 3.38. The minimum atomic E-state index is -4.58. The molecule has 1 aromatic heterocycles. The molecule has 0 atom stereocenters. The van der Waals surface area contributed by atoms with E-state index in [1.807, 2.05) is 4.90 Å². The molecule has 0 unspecified atom stereocenters. The van der Waals surface area contributed by atoms with Crippen molar-refractivity contribution in [1.29, 1.82) is 0 Å². The Morgan fingerprint density at radius 3 is 2.74 bits per heavy atom. The quantitative estimate of drug-likeness (QED) is 0.595. The van der Waals surface area contributed by atoms with Gasteiger partial charge in [-0.15, -0.1) is 0 Å². The minimum absolute atomic E-state index is 0.124. The molecule has 5 rings (SSSR count). The van der Waals surface area contributed by atoms with E-state index in [-0.39, 0.29) is 24.8 Å². The maximum atomic E-state index is 13.8. The molecule has 0 aliphatic carbocycles. The van der Waals surface area contributed by atoms with E-state index in [0.717, 1.165) is 0 Å². The lowest BCUT2D eigenvalue weighted by molar-refractivity contribution is -0.142. The molecular formula is C24H24F3N5O3. The summed E-state index contributed by atoms with van der Waals surface area (Å²) in [5.74, 6) is 0.836. The lowest BCUT2D eigenvalue weighted by Crippen LogP contribution is -2.37. The number of nitrogens with one attached hydrogen (secondary N) is 1. The van der Waals surface area contributed by atoms with E-state index in [0.29, 0.717) is 53.8 Å². The van der Waals surface area contributed by atoms with E-state index in [2.05, 4.69) is 10.4 Å². The van der Waals surface area contributed by atoms with Gasteiger partial charge in [0, 0.05) is 56.1 Å². The lowest BCUT2D eigenvalue weighted by atomic mass is 10.0. The summed E-state index contributed by atoms with van der Waals surface area (Å²) >= 11 is 0. The fraction of sp³-hybridized carbons (Fsp3) is 0.333. The molecule has 184 valence electrons. The number of aromatic nitrogens is 2. The number of amides is 1. The molecule has 0 bridgehead atoms. The highest BCUT2D eigenvalue weighted by Gasteiger charge is 2.40. The third-order valence-corrected chi connectivity index (χ3v) is 6.17. The molecule has 0 fully saturated rings. The van der Waals surface area contributed by atoms with Crippen LogP contribution in [-0.4, -0.2) is 54.7 Å². The fourth-order valence-corrected chi connectivity index (χ4v) is 4.45. The third kappa shape index (κ3) is 4.32. The summed E-state index contributed by atoms with van der Waals surface area (Å²) in [6.45, 7) is 1.36. The van der Waals surface area contributed by atoms with E-state index in [1.54, 1.807) is 56.6 Å². The standard InChI is InChI=1S/C24H24F3N5O3/c1-28-13-31-9-8-19-18(12-31)22(24(25,26)27)29-32(19)17-5-3-4-15(10-17)23(33)30(2)16-6-7-20-21(11-16)35-14-34-20/h3-7,10-11,28H,8-9,12-14H2,1-2H3. The van der Waals surface area contributed by atoms with Crippen molar-refractivity contribution in [2.75, 3.05) is 39.0 Å². The first-order chi connectivity index (χ1) is 16.8. The summed E-state index contributed by atoms with van der Waals surface area (Å²) in [4.78, 5) is 16.6. The van der Waals surface area contributed by atoms with Gasteiger partial charge in [0.25, 0.3) is 5.91 Å². The Bertz CT molecular complexity index is 1270. The van der Waals surface area contributed by atoms with Crippen molar-refractivity contribution in [1.82, 2.24) is 20.0 Å². The van der Waals surface area contributed by atoms with Crippen LogP contribution in [0.15, 0.2) is 42.5 Å². The largest absolute Gasteiger partial charge is 0.454 e. The van der Waals surface area contributed by atoms with Crippen LogP contribution in [0, 0.1) is 0 Å².